The molecule has 1 aromatic heterocycles. The molecule has 0 saturated heterocycles. The van der Waals surface area contributed by atoms with Gasteiger partial charge in [-0.25, -0.2) is 0 Å². The van der Waals surface area contributed by atoms with E-state index in [9.17, 15) is 25.0 Å². The van der Waals surface area contributed by atoms with E-state index < -0.39 is 20.7 Å². The zero-order chi connectivity index (χ0) is 27.8. The molecule has 0 atom stereocenters. The van der Waals surface area contributed by atoms with Crippen LogP contribution in [0.3, 0.4) is 0 Å². The highest BCUT2D eigenvalue weighted by molar-refractivity contribution is 7.97. The number of ketones is 1. The predicted octanol–water partition coefficient (Wildman–Crippen LogP) is 8.20. The van der Waals surface area contributed by atoms with Crippen molar-refractivity contribution in [3.05, 3.63) is 147 Å². The van der Waals surface area contributed by atoms with Gasteiger partial charge in [-0.05, 0) is 30.3 Å². The molecule has 7 nitrogen and oxygen atoms in total. The maximum Gasteiger partial charge on any atom is 0.269 e. The van der Waals surface area contributed by atoms with E-state index >= 15 is 0 Å². The lowest BCUT2D eigenvalue weighted by Gasteiger charge is -2.08. The largest absolute Gasteiger partial charge is 0.289 e. The van der Waals surface area contributed by atoms with Gasteiger partial charge in [0, 0.05) is 85.9 Å². The van der Waals surface area contributed by atoms with E-state index in [1.165, 1.54) is 24.3 Å². The minimum Gasteiger partial charge on any atom is -0.289 e. The maximum atomic E-state index is 13.2. The second-order valence-corrected chi connectivity index (χ2v) is 12.1. The second-order valence-electron chi connectivity index (χ2n) is 8.97. The Hall–Kier alpha value is -4.86. The topological polar surface area (TPSA) is 103 Å². The summed E-state index contributed by atoms with van der Waals surface area (Å²) in [6.45, 7) is 0. The van der Waals surface area contributed by atoms with Crippen LogP contribution >= 0.6 is 11.3 Å². The molecule has 6 aromatic rings. The van der Waals surface area contributed by atoms with Crippen LogP contribution in [0.1, 0.15) is 15.9 Å². The molecule has 0 radical (unpaired) electrons. The van der Waals surface area contributed by atoms with Crippen LogP contribution in [0.4, 0.5) is 11.4 Å². The number of carbonyl (C=O) groups is 1. The highest BCUT2D eigenvalue weighted by Crippen LogP contribution is 2.39. The number of carbonyl (C=O) groups excluding carboxylic acids is 1. The molecule has 194 valence electrons. The fourth-order valence-electron chi connectivity index (χ4n) is 4.60. The van der Waals surface area contributed by atoms with Gasteiger partial charge in [-0.15, -0.1) is 11.3 Å². The zero-order valence-corrected chi connectivity index (χ0v) is 22.4. The third kappa shape index (κ3) is 4.72. The highest BCUT2D eigenvalue weighted by atomic mass is 32.2. The molecule has 1 heterocycles. The van der Waals surface area contributed by atoms with Gasteiger partial charge >= 0.3 is 0 Å². The van der Waals surface area contributed by atoms with E-state index in [2.05, 4.69) is 6.07 Å². The third-order valence-electron chi connectivity index (χ3n) is 6.54. The van der Waals surface area contributed by atoms with Crippen LogP contribution < -0.4 is 0 Å². The number of hydrogen-bond acceptors (Lipinski definition) is 6. The SMILES string of the molecule is O=C(c1ccccc1)c1ccc2sc3ccc([S+](c4ccc([N+](=O)[O-])cc4)c4ccc([N+](=O)[O-])cc4)cc3c2c1. The van der Waals surface area contributed by atoms with Gasteiger partial charge in [0.05, 0.1) is 20.7 Å². The van der Waals surface area contributed by atoms with E-state index in [1.807, 2.05) is 48.5 Å². The molecule has 0 bridgehead atoms. The van der Waals surface area contributed by atoms with E-state index in [1.54, 1.807) is 47.7 Å². The summed E-state index contributed by atoms with van der Waals surface area (Å²) in [6.07, 6.45) is 0. The molecule has 0 spiro atoms. The lowest BCUT2D eigenvalue weighted by atomic mass is 10.0. The van der Waals surface area contributed by atoms with E-state index in [0.29, 0.717) is 11.1 Å². The Bertz CT molecular complexity index is 1860. The second kappa shape index (κ2) is 10.4. The standard InChI is InChI=1S/C31H19N2O5S2/c34-31(20-4-2-1-3-5-20)21-6-16-29-27(18-21)28-19-26(15-17-30(28)39-29)40(24-11-7-22(8-12-24)32(35)36)25-13-9-23(10-14-25)33(37)38/h1-19H/q+1. The number of nitrogens with zero attached hydrogens (tertiary/aromatic N) is 2. The Balaban J connectivity index is 1.49. The zero-order valence-electron chi connectivity index (χ0n) is 20.7. The number of hydrogen-bond donors (Lipinski definition) is 0. The number of nitro groups is 2. The molecular formula is C31H19N2O5S2+. The van der Waals surface area contributed by atoms with Gasteiger partial charge in [0.25, 0.3) is 11.4 Å². The molecule has 0 unspecified atom stereocenters. The van der Waals surface area contributed by atoms with Crippen LogP contribution in [-0.2, 0) is 10.9 Å². The van der Waals surface area contributed by atoms with Crippen molar-refractivity contribution >= 4 is 59.6 Å². The first-order chi connectivity index (χ1) is 19.4. The molecule has 0 aliphatic rings. The van der Waals surface area contributed by atoms with Gasteiger partial charge in [0.15, 0.2) is 20.5 Å². The molecule has 0 aliphatic heterocycles. The third-order valence-corrected chi connectivity index (χ3v) is 9.91. The summed E-state index contributed by atoms with van der Waals surface area (Å²) in [4.78, 5) is 37.4. The molecular weight excluding hydrogens is 544 g/mol. The normalized spacial score (nSPS) is 11.2. The summed E-state index contributed by atoms with van der Waals surface area (Å²) in [5, 5.41) is 24.5. The van der Waals surface area contributed by atoms with Crippen molar-refractivity contribution in [2.24, 2.45) is 0 Å². The highest BCUT2D eigenvalue weighted by Gasteiger charge is 2.30. The number of non-ortho nitro benzene ring substituents is 2. The first kappa shape index (κ1) is 25.4. The molecule has 0 aliphatic carbocycles. The minimum absolute atomic E-state index is 0.00843. The van der Waals surface area contributed by atoms with Crippen LogP contribution in [0.5, 0.6) is 0 Å². The fourth-order valence-corrected chi connectivity index (χ4v) is 7.74. The van der Waals surface area contributed by atoms with E-state index in [-0.39, 0.29) is 17.2 Å². The number of nitro benzene ring substituents is 2. The first-order valence-electron chi connectivity index (χ1n) is 12.2. The number of rotatable bonds is 7. The molecule has 6 rings (SSSR count). The smallest absolute Gasteiger partial charge is 0.269 e. The molecule has 40 heavy (non-hydrogen) atoms. The summed E-state index contributed by atoms with van der Waals surface area (Å²) >= 11 is 1.64. The summed E-state index contributed by atoms with van der Waals surface area (Å²) in [5.74, 6) is -0.0467. The molecule has 0 N–H and O–H groups in total. The van der Waals surface area contributed by atoms with Crippen LogP contribution in [-0.4, -0.2) is 15.6 Å². The predicted molar refractivity (Wildman–Crippen MR) is 158 cm³/mol. The Morgan fingerprint density at radius 2 is 1.07 bits per heavy atom. The van der Waals surface area contributed by atoms with Crippen LogP contribution in [0.15, 0.2) is 130 Å². The van der Waals surface area contributed by atoms with Crippen molar-refractivity contribution in [2.45, 2.75) is 14.7 Å². The van der Waals surface area contributed by atoms with Crippen LogP contribution in [0, 0.1) is 20.2 Å². The maximum absolute atomic E-state index is 13.2. The molecule has 0 amide bonds. The van der Waals surface area contributed by atoms with E-state index in [4.69, 9.17) is 0 Å². The lowest BCUT2D eigenvalue weighted by Crippen LogP contribution is -2.05. The molecule has 9 heteroatoms. The lowest BCUT2D eigenvalue weighted by molar-refractivity contribution is -0.385. The first-order valence-corrected chi connectivity index (χ1v) is 14.2. The van der Waals surface area contributed by atoms with Crippen molar-refractivity contribution in [3.8, 4) is 0 Å². The number of fused-ring (bicyclic) bond motifs is 3. The Morgan fingerprint density at radius 1 is 0.575 bits per heavy atom. The monoisotopic (exact) mass is 563 g/mol. The summed E-state index contributed by atoms with van der Waals surface area (Å²) in [7, 11) is -0.692. The average molecular weight is 564 g/mol. The summed E-state index contributed by atoms with van der Waals surface area (Å²) in [6, 6.07) is 33.9. The average Bonchev–Trinajstić information content (AvgIpc) is 3.35. The van der Waals surface area contributed by atoms with Crippen molar-refractivity contribution in [3.63, 3.8) is 0 Å². The van der Waals surface area contributed by atoms with Gasteiger partial charge in [-0.1, -0.05) is 30.3 Å². The van der Waals surface area contributed by atoms with Crippen molar-refractivity contribution in [1.29, 1.82) is 0 Å². The van der Waals surface area contributed by atoms with Crippen molar-refractivity contribution < 1.29 is 14.6 Å². The molecule has 0 fully saturated rings. The van der Waals surface area contributed by atoms with Gasteiger partial charge in [-0.3, -0.25) is 25.0 Å². The fraction of sp³-hybridized carbons (Fsp3) is 0. The number of benzene rings is 5. The molecule has 5 aromatic carbocycles. The van der Waals surface area contributed by atoms with Gasteiger partial charge in [0.1, 0.15) is 0 Å². The Labute approximate surface area is 235 Å². The van der Waals surface area contributed by atoms with Gasteiger partial charge < -0.3 is 0 Å². The Kier molecular flexibility index (Phi) is 6.59. The van der Waals surface area contributed by atoms with Gasteiger partial charge in [-0.2, -0.15) is 0 Å². The minimum atomic E-state index is -0.692. The molecule has 0 saturated carbocycles. The van der Waals surface area contributed by atoms with E-state index in [0.717, 1.165) is 34.9 Å². The summed E-state index contributed by atoms with van der Waals surface area (Å²) < 4.78 is 2.13. The van der Waals surface area contributed by atoms with Crippen LogP contribution in [0.25, 0.3) is 20.2 Å². The van der Waals surface area contributed by atoms with Crippen LogP contribution in [0.2, 0.25) is 0 Å². The number of thiophene rings is 1. The van der Waals surface area contributed by atoms with Gasteiger partial charge in [0.2, 0.25) is 0 Å². The quantitative estimate of drug-likeness (QED) is 0.0843. The van der Waals surface area contributed by atoms with Crippen molar-refractivity contribution in [1.82, 2.24) is 0 Å². The Morgan fingerprint density at radius 3 is 1.62 bits per heavy atom. The summed E-state index contributed by atoms with van der Waals surface area (Å²) in [5.41, 5.74) is 1.21. The van der Waals surface area contributed by atoms with Crippen molar-refractivity contribution in [2.75, 3.05) is 0 Å².